The summed E-state index contributed by atoms with van der Waals surface area (Å²) in [5, 5.41) is 2.46. The zero-order valence-electron chi connectivity index (χ0n) is 11.2. The van der Waals surface area contributed by atoms with Crippen molar-refractivity contribution in [2.75, 3.05) is 7.11 Å². The number of carbonyl (C=O) groups excluding carboxylic acids is 3. The molecule has 1 saturated carbocycles. The van der Waals surface area contributed by atoms with E-state index in [4.69, 9.17) is 4.74 Å². The minimum atomic E-state index is -0.982. The first kappa shape index (κ1) is 14.8. The SMILES string of the molecule is COc1ccc(C(=O)NNC(=O)C(=O)NC2CC2)cc1F. The van der Waals surface area contributed by atoms with Crippen molar-refractivity contribution in [1.29, 1.82) is 0 Å². The zero-order chi connectivity index (χ0) is 15.4. The number of amides is 3. The van der Waals surface area contributed by atoms with Crippen molar-refractivity contribution in [2.45, 2.75) is 18.9 Å². The van der Waals surface area contributed by atoms with E-state index in [1.54, 1.807) is 0 Å². The molecule has 0 saturated heterocycles. The highest BCUT2D eigenvalue weighted by atomic mass is 19.1. The van der Waals surface area contributed by atoms with Crippen molar-refractivity contribution in [3.8, 4) is 5.75 Å². The van der Waals surface area contributed by atoms with Crippen LogP contribution in [0.15, 0.2) is 18.2 Å². The lowest BCUT2D eigenvalue weighted by Crippen LogP contribution is -2.49. The first-order valence-electron chi connectivity index (χ1n) is 6.26. The van der Waals surface area contributed by atoms with Crippen LogP contribution in [0.4, 0.5) is 4.39 Å². The molecule has 1 aromatic rings. The Hall–Kier alpha value is -2.64. The number of carbonyl (C=O) groups is 3. The second kappa shape index (κ2) is 6.21. The van der Waals surface area contributed by atoms with Gasteiger partial charge in [0.15, 0.2) is 11.6 Å². The molecule has 1 aliphatic carbocycles. The van der Waals surface area contributed by atoms with E-state index in [0.29, 0.717) is 0 Å². The Labute approximate surface area is 119 Å². The highest BCUT2D eigenvalue weighted by molar-refractivity contribution is 6.35. The molecule has 0 aromatic heterocycles. The molecule has 3 amide bonds. The predicted octanol–water partition coefficient (Wildman–Crippen LogP) is -0.126. The second-order valence-electron chi connectivity index (χ2n) is 4.51. The van der Waals surface area contributed by atoms with Gasteiger partial charge in [-0.15, -0.1) is 0 Å². The molecular formula is C13H14FN3O4. The van der Waals surface area contributed by atoms with Crippen LogP contribution in [0.2, 0.25) is 0 Å². The molecule has 1 aliphatic rings. The van der Waals surface area contributed by atoms with Crippen LogP contribution >= 0.6 is 0 Å². The van der Waals surface area contributed by atoms with Gasteiger partial charge in [-0.05, 0) is 31.0 Å². The summed E-state index contributed by atoms with van der Waals surface area (Å²) in [7, 11) is 1.30. The van der Waals surface area contributed by atoms with Crippen LogP contribution in [0.1, 0.15) is 23.2 Å². The van der Waals surface area contributed by atoms with E-state index in [9.17, 15) is 18.8 Å². The largest absolute Gasteiger partial charge is 0.494 e. The van der Waals surface area contributed by atoms with Gasteiger partial charge < -0.3 is 10.1 Å². The highest BCUT2D eigenvalue weighted by Crippen LogP contribution is 2.18. The third kappa shape index (κ3) is 3.91. The Kier molecular flexibility index (Phi) is 4.36. The Morgan fingerprint density at radius 2 is 1.90 bits per heavy atom. The van der Waals surface area contributed by atoms with Crippen molar-refractivity contribution < 1.29 is 23.5 Å². The summed E-state index contributed by atoms with van der Waals surface area (Å²) in [6.45, 7) is 0. The quantitative estimate of drug-likeness (QED) is 0.535. The summed E-state index contributed by atoms with van der Waals surface area (Å²) in [5.74, 6) is -3.26. The molecule has 0 atom stereocenters. The average Bonchev–Trinajstić information content (AvgIpc) is 3.28. The number of halogens is 1. The molecule has 0 spiro atoms. The fraction of sp³-hybridized carbons (Fsp3) is 0.308. The number of hydrazine groups is 1. The number of benzene rings is 1. The van der Waals surface area contributed by atoms with Crippen molar-refractivity contribution in [2.24, 2.45) is 0 Å². The fourth-order valence-corrected chi connectivity index (χ4v) is 1.53. The van der Waals surface area contributed by atoms with Gasteiger partial charge >= 0.3 is 11.8 Å². The van der Waals surface area contributed by atoms with E-state index in [-0.39, 0.29) is 17.4 Å². The molecule has 3 N–H and O–H groups in total. The standard InChI is InChI=1S/C13H14FN3O4/c1-21-10-5-2-7(6-9(10)14)11(18)16-17-13(20)12(19)15-8-3-4-8/h2,5-6,8H,3-4H2,1H3,(H,15,19)(H,16,18)(H,17,20). The van der Waals surface area contributed by atoms with E-state index < -0.39 is 23.5 Å². The third-order valence-electron chi connectivity index (χ3n) is 2.82. The minimum absolute atomic E-state index is 0.000559. The van der Waals surface area contributed by atoms with Gasteiger partial charge in [-0.3, -0.25) is 25.2 Å². The molecule has 112 valence electrons. The Morgan fingerprint density at radius 3 is 2.48 bits per heavy atom. The Balaban J connectivity index is 1.87. The number of nitrogens with one attached hydrogen (secondary N) is 3. The number of rotatable bonds is 3. The van der Waals surface area contributed by atoms with Crippen molar-refractivity contribution in [3.63, 3.8) is 0 Å². The topological polar surface area (TPSA) is 96.5 Å². The first-order chi connectivity index (χ1) is 10.0. The lowest BCUT2D eigenvalue weighted by atomic mass is 10.2. The molecule has 2 rings (SSSR count). The zero-order valence-corrected chi connectivity index (χ0v) is 11.2. The molecule has 7 nitrogen and oxygen atoms in total. The van der Waals surface area contributed by atoms with Crippen molar-refractivity contribution in [3.05, 3.63) is 29.6 Å². The van der Waals surface area contributed by atoms with Gasteiger partial charge in [-0.25, -0.2) is 4.39 Å². The number of ether oxygens (including phenoxy) is 1. The molecule has 0 aliphatic heterocycles. The van der Waals surface area contributed by atoms with Crippen LogP contribution in [-0.4, -0.2) is 30.9 Å². The summed E-state index contributed by atoms with van der Waals surface area (Å²) in [5.41, 5.74) is 3.97. The smallest absolute Gasteiger partial charge is 0.327 e. The second-order valence-corrected chi connectivity index (χ2v) is 4.51. The van der Waals surface area contributed by atoms with Crippen LogP contribution in [0, 0.1) is 5.82 Å². The molecule has 21 heavy (non-hydrogen) atoms. The summed E-state index contributed by atoms with van der Waals surface area (Å²) in [4.78, 5) is 34.4. The predicted molar refractivity (Wildman–Crippen MR) is 69.7 cm³/mol. The number of methoxy groups -OCH3 is 1. The lowest BCUT2D eigenvalue weighted by Gasteiger charge is -2.08. The normalized spacial score (nSPS) is 13.2. The van der Waals surface area contributed by atoms with Gasteiger partial charge in [0.25, 0.3) is 5.91 Å². The Bertz CT molecular complexity index is 587. The maximum atomic E-state index is 13.4. The fourth-order valence-electron chi connectivity index (χ4n) is 1.53. The van der Waals surface area contributed by atoms with Crippen LogP contribution in [0.25, 0.3) is 0 Å². The monoisotopic (exact) mass is 295 g/mol. The molecule has 1 fully saturated rings. The van der Waals surface area contributed by atoms with E-state index in [0.717, 1.165) is 18.9 Å². The van der Waals surface area contributed by atoms with Gasteiger partial charge in [0.05, 0.1) is 7.11 Å². The van der Waals surface area contributed by atoms with Crippen LogP contribution in [0.3, 0.4) is 0 Å². The van der Waals surface area contributed by atoms with Crippen LogP contribution < -0.4 is 20.9 Å². The van der Waals surface area contributed by atoms with Gasteiger partial charge in [-0.1, -0.05) is 0 Å². The van der Waals surface area contributed by atoms with E-state index >= 15 is 0 Å². The van der Waals surface area contributed by atoms with Gasteiger partial charge in [0.1, 0.15) is 0 Å². The third-order valence-corrected chi connectivity index (χ3v) is 2.82. The maximum Gasteiger partial charge on any atom is 0.327 e. The Morgan fingerprint density at radius 1 is 1.19 bits per heavy atom. The molecule has 8 heteroatoms. The lowest BCUT2D eigenvalue weighted by molar-refractivity contribution is -0.139. The van der Waals surface area contributed by atoms with Gasteiger partial charge in [-0.2, -0.15) is 0 Å². The van der Waals surface area contributed by atoms with Crippen molar-refractivity contribution in [1.82, 2.24) is 16.2 Å². The maximum absolute atomic E-state index is 13.4. The summed E-state index contributed by atoms with van der Waals surface area (Å²) in [6, 6.07) is 3.61. The van der Waals surface area contributed by atoms with E-state index in [1.165, 1.54) is 19.2 Å². The molecule has 0 radical (unpaired) electrons. The van der Waals surface area contributed by atoms with Crippen LogP contribution in [0.5, 0.6) is 5.75 Å². The molecule has 0 bridgehead atoms. The first-order valence-corrected chi connectivity index (χ1v) is 6.26. The number of hydrogen-bond acceptors (Lipinski definition) is 4. The van der Waals surface area contributed by atoms with Crippen LogP contribution in [-0.2, 0) is 9.59 Å². The molecular weight excluding hydrogens is 281 g/mol. The number of hydrogen-bond donors (Lipinski definition) is 3. The molecule has 0 unspecified atom stereocenters. The highest BCUT2D eigenvalue weighted by Gasteiger charge is 2.26. The average molecular weight is 295 g/mol. The summed E-state index contributed by atoms with van der Waals surface area (Å²) < 4.78 is 18.2. The van der Waals surface area contributed by atoms with E-state index in [1.807, 2.05) is 10.9 Å². The molecule has 0 heterocycles. The summed E-state index contributed by atoms with van der Waals surface area (Å²) in [6.07, 6.45) is 1.69. The minimum Gasteiger partial charge on any atom is -0.494 e. The van der Waals surface area contributed by atoms with E-state index in [2.05, 4.69) is 5.32 Å². The molecule has 1 aromatic carbocycles. The van der Waals surface area contributed by atoms with Gasteiger partial charge in [0, 0.05) is 11.6 Å². The van der Waals surface area contributed by atoms with Crippen molar-refractivity contribution >= 4 is 17.7 Å². The van der Waals surface area contributed by atoms with Gasteiger partial charge in [0.2, 0.25) is 0 Å². The summed E-state index contributed by atoms with van der Waals surface area (Å²) >= 11 is 0.